The first-order chi connectivity index (χ1) is 11.3. The van der Waals surface area contributed by atoms with Gasteiger partial charge in [0, 0.05) is 6.07 Å². The highest BCUT2D eigenvalue weighted by Gasteiger charge is 2.25. The van der Waals surface area contributed by atoms with Crippen LogP contribution < -0.4 is 14.8 Å². The van der Waals surface area contributed by atoms with Crippen molar-refractivity contribution in [2.45, 2.75) is 17.9 Å². The Hall–Kier alpha value is -2.68. The van der Waals surface area contributed by atoms with Crippen LogP contribution in [0.5, 0.6) is 5.75 Å². The Morgan fingerprint density at radius 1 is 1.17 bits per heavy atom. The summed E-state index contributed by atoms with van der Waals surface area (Å²) in [5.74, 6) is -2.06. The molecule has 2 aromatic carbocycles. The minimum atomic E-state index is -4.26. The summed E-state index contributed by atoms with van der Waals surface area (Å²) in [5.41, 5.74) is 0.383. The molecule has 0 aliphatic carbocycles. The van der Waals surface area contributed by atoms with Gasteiger partial charge in [-0.3, -0.25) is 9.52 Å². The lowest BCUT2D eigenvalue weighted by Crippen LogP contribution is -2.34. The molecule has 1 aliphatic rings. The molecular formula is C15H12F2N2O4S. The van der Waals surface area contributed by atoms with Crippen molar-refractivity contribution < 1.29 is 26.7 Å². The van der Waals surface area contributed by atoms with E-state index in [1.54, 1.807) is 6.92 Å². The molecule has 0 bridgehead atoms. The van der Waals surface area contributed by atoms with Crippen LogP contribution in [0.1, 0.15) is 6.92 Å². The van der Waals surface area contributed by atoms with Gasteiger partial charge in [-0.05, 0) is 37.3 Å². The van der Waals surface area contributed by atoms with Gasteiger partial charge in [0.1, 0.15) is 22.3 Å². The Balaban J connectivity index is 1.91. The maximum Gasteiger partial charge on any atom is 0.265 e. The third-order valence-electron chi connectivity index (χ3n) is 3.35. The van der Waals surface area contributed by atoms with Crippen LogP contribution in [0, 0.1) is 11.6 Å². The van der Waals surface area contributed by atoms with Crippen molar-refractivity contribution in [1.29, 1.82) is 0 Å². The van der Waals surface area contributed by atoms with Gasteiger partial charge in [-0.2, -0.15) is 0 Å². The Bertz CT molecular complexity index is 931. The van der Waals surface area contributed by atoms with Gasteiger partial charge in [0.05, 0.1) is 11.4 Å². The van der Waals surface area contributed by atoms with E-state index in [-0.39, 0.29) is 17.3 Å². The van der Waals surface area contributed by atoms with Gasteiger partial charge in [0.15, 0.2) is 6.10 Å². The van der Waals surface area contributed by atoms with Crippen LogP contribution in [0.4, 0.5) is 20.2 Å². The number of sulfonamides is 1. The molecule has 126 valence electrons. The molecule has 3 rings (SSSR count). The maximum atomic E-state index is 13.7. The number of hydrogen-bond donors (Lipinski definition) is 2. The standard InChI is InChI=1S/C15H12F2N2O4S/c1-8-15(20)18-12-7-10(3-4-13(12)23-8)19-24(21,22)14-5-2-9(16)6-11(14)17/h2-8,19H,1H3,(H,18,20). The number of anilines is 2. The normalized spacial score (nSPS) is 16.8. The van der Waals surface area contributed by atoms with Crippen molar-refractivity contribution in [3.8, 4) is 5.75 Å². The Morgan fingerprint density at radius 3 is 2.62 bits per heavy atom. The summed E-state index contributed by atoms with van der Waals surface area (Å²) in [6.45, 7) is 1.58. The first kappa shape index (κ1) is 16.2. The van der Waals surface area contributed by atoms with Gasteiger partial charge in [0.25, 0.3) is 15.9 Å². The van der Waals surface area contributed by atoms with Gasteiger partial charge in [-0.25, -0.2) is 17.2 Å². The molecule has 2 N–H and O–H groups in total. The molecule has 2 aromatic rings. The quantitative estimate of drug-likeness (QED) is 0.887. The predicted octanol–water partition coefficient (Wildman–Crippen LogP) is 2.49. The monoisotopic (exact) mass is 354 g/mol. The molecule has 1 amide bonds. The third-order valence-corrected chi connectivity index (χ3v) is 4.76. The molecule has 0 spiro atoms. The van der Waals surface area contributed by atoms with Crippen LogP contribution in [-0.2, 0) is 14.8 Å². The van der Waals surface area contributed by atoms with Crippen molar-refractivity contribution in [3.63, 3.8) is 0 Å². The Kier molecular flexibility index (Phi) is 3.88. The zero-order valence-corrected chi connectivity index (χ0v) is 13.2. The second kappa shape index (κ2) is 5.75. The van der Waals surface area contributed by atoms with Crippen LogP contribution in [0.3, 0.4) is 0 Å². The lowest BCUT2D eigenvalue weighted by molar-refractivity contribution is -0.122. The maximum absolute atomic E-state index is 13.7. The molecule has 24 heavy (non-hydrogen) atoms. The molecule has 0 saturated heterocycles. The van der Waals surface area contributed by atoms with Gasteiger partial charge in [-0.15, -0.1) is 0 Å². The summed E-state index contributed by atoms with van der Waals surface area (Å²) in [6.07, 6.45) is -0.659. The van der Waals surface area contributed by atoms with Gasteiger partial charge < -0.3 is 10.1 Å². The summed E-state index contributed by atoms with van der Waals surface area (Å²) >= 11 is 0. The van der Waals surface area contributed by atoms with E-state index in [0.717, 1.165) is 12.1 Å². The van der Waals surface area contributed by atoms with E-state index in [2.05, 4.69) is 10.0 Å². The van der Waals surface area contributed by atoms with Crippen LogP contribution in [0.2, 0.25) is 0 Å². The van der Waals surface area contributed by atoms with Gasteiger partial charge >= 0.3 is 0 Å². The summed E-state index contributed by atoms with van der Waals surface area (Å²) < 4.78 is 58.6. The number of fused-ring (bicyclic) bond motifs is 1. The van der Waals surface area contributed by atoms with E-state index in [1.165, 1.54) is 18.2 Å². The summed E-state index contributed by atoms with van der Waals surface area (Å²) in [5, 5.41) is 2.57. The summed E-state index contributed by atoms with van der Waals surface area (Å²) in [6, 6.07) is 6.39. The summed E-state index contributed by atoms with van der Waals surface area (Å²) in [7, 11) is -4.26. The third kappa shape index (κ3) is 3.02. The van der Waals surface area contributed by atoms with Crippen molar-refractivity contribution >= 4 is 27.3 Å². The molecule has 1 unspecified atom stereocenters. The van der Waals surface area contributed by atoms with Crippen molar-refractivity contribution in [2.75, 3.05) is 10.0 Å². The largest absolute Gasteiger partial charge is 0.479 e. The number of ether oxygens (including phenoxy) is 1. The van der Waals surface area contributed by atoms with Crippen molar-refractivity contribution in [2.24, 2.45) is 0 Å². The van der Waals surface area contributed by atoms with E-state index in [0.29, 0.717) is 11.8 Å². The lowest BCUT2D eigenvalue weighted by Gasteiger charge is -2.23. The molecule has 6 nitrogen and oxygen atoms in total. The number of carbonyl (C=O) groups excluding carboxylic acids is 1. The minimum Gasteiger partial charge on any atom is -0.479 e. The fourth-order valence-corrected chi connectivity index (χ4v) is 3.29. The SMILES string of the molecule is CC1Oc2ccc(NS(=O)(=O)c3ccc(F)cc3F)cc2NC1=O. The molecule has 1 heterocycles. The average Bonchev–Trinajstić information content (AvgIpc) is 2.48. The molecule has 1 atom stereocenters. The number of carbonyl (C=O) groups is 1. The number of nitrogens with one attached hydrogen (secondary N) is 2. The van der Waals surface area contributed by atoms with Crippen LogP contribution in [0.25, 0.3) is 0 Å². The molecule has 0 radical (unpaired) electrons. The van der Waals surface area contributed by atoms with E-state index in [1.807, 2.05) is 0 Å². The number of hydrogen-bond acceptors (Lipinski definition) is 4. The molecule has 0 aromatic heterocycles. The molecule has 0 saturated carbocycles. The van der Waals surface area contributed by atoms with Gasteiger partial charge in [-0.1, -0.05) is 0 Å². The number of halogens is 2. The summed E-state index contributed by atoms with van der Waals surface area (Å²) in [4.78, 5) is 10.9. The second-order valence-corrected chi connectivity index (χ2v) is 6.79. The highest BCUT2D eigenvalue weighted by molar-refractivity contribution is 7.92. The van der Waals surface area contributed by atoms with E-state index >= 15 is 0 Å². The smallest absolute Gasteiger partial charge is 0.265 e. The molecule has 1 aliphatic heterocycles. The Morgan fingerprint density at radius 2 is 1.92 bits per heavy atom. The fourth-order valence-electron chi connectivity index (χ4n) is 2.18. The van der Waals surface area contributed by atoms with Crippen molar-refractivity contribution in [1.82, 2.24) is 0 Å². The molecule has 9 heteroatoms. The molecule has 0 fully saturated rings. The Labute approximate surface area is 136 Å². The van der Waals surface area contributed by atoms with Crippen LogP contribution >= 0.6 is 0 Å². The van der Waals surface area contributed by atoms with Crippen LogP contribution in [-0.4, -0.2) is 20.4 Å². The predicted molar refractivity (Wildman–Crippen MR) is 82.3 cm³/mol. The van der Waals surface area contributed by atoms with E-state index < -0.39 is 32.7 Å². The van der Waals surface area contributed by atoms with Crippen LogP contribution in [0.15, 0.2) is 41.3 Å². The highest BCUT2D eigenvalue weighted by atomic mass is 32.2. The van der Waals surface area contributed by atoms with Crippen molar-refractivity contribution in [3.05, 3.63) is 48.0 Å². The topological polar surface area (TPSA) is 84.5 Å². The first-order valence-corrected chi connectivity index (χ1v) is 8.34. The average molecular weight is 354 g/mol. The minimum absolute atomic E-state index is 0.0935. The number of benzene rings is 2. The van der Waals surface area contributed by atoms with E-state index in [4.69, 9.17) is 4.74 Å². The number of amides is 1. The highest BCUT2D eigenvalue weighted by Crippen LogP contribution is 2.33. The van der Waals surface area contributed by atoms with E-state index in [9.17, 15) is 22.0 Å². The fraction of sp³-hybridized carbons (Fsp3) is 0.133. The van der Waals surface area contributed by atoms with Gasteiger partial charge in [0.2, 0.25) is 0 Å². The number of rotatable bonds is 3. The zero-order valence-electron chi connectivity index (χ0n) is 12.3. The first-order valence-electron chi connectivity index (χ1n) is 6.86. The lowest BCUT2D eigenvalue weighted by atomic mass is 10.2. The molecular weight excluding hydrogens is 342 g/mol. The zero-order chi connectivity index (χ0) is 17.5. The second-order valence-electron chi connectivity index (χ2n) is 5.14.